The van der Waals surface area contributed by atoms with Crippen molar-refractivity contribution in [1.29, 1.82) is 0 Å². The van der Waals surface area contributed by atoms with E-state index in [9.17, 15) is 4.39 Å². The normalized spacial score (nSPS) is 12.1. The van der Waals surface area contributed by atoms with Gasteiger partial charge in [0.15, 0.2) is 5.82 Å². The van der Waals surface area contributed by atoms with Gasteiger partial charge in [-0.2, -0.15) is 0 Å². The molecule has 0 N–H and O–H groups in total. The third-order valence-corrected chi connectivity index (χ3v) is 5.78. The lowest BCUT2D eigenvalue weighted by Gasteiger charge is -2.09. The average molecular weight is 429 g/mol. The van der Waals surface area contributed by atoms with Crippen LogP contribution in [0.5, 0.6) is 5.75 Å². The minimum absolute atomic E-state index is 0.401. The molecular weight excluding hydrogens is 387 g/mol. The molecule has 31 heavy (non-hydrogen) atoms. The highest BCUT2D eigenvalue weighted by atomic mass is 19.1. The minimum Gasteiger partial charge on any atom is -0.493 e. The second-order valence-electron chi connectivity index (χ2n) is 8.51. The number of unbranched alkanes of at least 4 members (excludes halogenated alkanes) is 9. The van der Waals surface area contributed by atoms with Gasteiger partial charge in [-0.05, 0) is 49.1 Å². The molecule has 0 radical (unpaired) electrons. The largest absolute Gasteiger partial charge is 0.493 e. The molecule has 1 unspecified atom stereocenters. The van der Waals surface area contributed by atoms with Gasteiger partial charge in [0, 0.05) is 24.4 Å². The lowest BCUT2D eigenvalue weighted by atomic mass is 10.0. The van der Waals surface area contributed by atoms with Gasteiger partial charge in [0.2, 0.25) is 0 Å². The van der Waals surface area contributed by atoms with Crippen LogP contribution in [0.2, 0.25) is 0 Å². The van der Waals surface area contributed by atoms with Gasteiger partial charge in [-0.25, -0.2) is 14.4 Å². The smallest absolute Gasteiger partial charge is 0.159 e. The summed E-state index contributed by atoms with van der Waals surface area (Å²) in [4.78, 5) is 9.07. The molecule has 0 bridgehead atoms. The quantitative estimate of drug-likeness (QED) is 0.239. The Morgan fingerprint density at radius 1 is 0.806 bits per heavy atom. The van der Waals surface area contributed by atoms with Crippen molar-refractivity contribution >= 4 is 0 Å². The number of hydrogen-bond acceptors (Lipinski definition) is 3. The van der Waals surface area contributed by atoms with Crippen LogP contribution in [0, 0.1) is 0 Å². The molecule has 3 nitrogen and oxygen atoms in total. The average Bonchev–Trinajstić information content (AvgIpc) is 2.81. The highest BCUT2D eigenvalue weighted by Crippen LogP contribution is 2.20. The summed E-state index contributed by atoms with van der Waals surface area (Å²) < 4.78 is 18.9. The predicted octanol–water partition coefficient (Wildman–Crippen LogP) is 8.12. The van der Waals surface area contributed by atoms with Gasteiger partial charge in [-0.15, -0.1) is 0 Å². The van der Waals surface area contributed by atoms with E-state index >= 15 is 0 Å². The van der Waals surface area contributed by atoms with E-state index in [2.05, 4.69) is 16.9 Å². The number of rotatable bonds is 17. The van der Waals surface area contributed by atoms with Crippen molar-refractivity contribution in [2.24, 2.45) is 0 Å². The van der Waals surface area contributed by atoms with Crippen LogP contribution >= 0.6 is 0 Å². The SMILES string of the molecule is CCCCCCCCCCCCc1cnc(-c2ccc(OCCC(F)CC)cc2)nc1. The minimum atomic E-state index is -0.786. The number of hydrogen-bond donors (Lipinski definition) is 0. The van der Waals surface area contributed by atoms with E-state index in [0.29, 0.717) is 19.4 Å². The fourth-order valence-corrected chi connectivity index (χ4v) is 3.66. The fourth-order valence-electron chi connectivity index (χ4n) is 3.66. The van der Waals surface area contributed by atoms with Crippen molar-refractivity contribution in [2.75, 3.05) is 6.61 Å². The number of benzene rings is 1. The third kappa shape index (κ3) is 10.8. The van der Waals surface area contributed by atoms with Gasteiger partial charge in [-0.1, -0.05) is 71.6 Å². The van der Waals surface area contributed by atoms with Crippen molar-refractivity contribution in [3.8, 4) is 17.1 Å². The van der Waals surface area contributed by atoms with Gasteiger partial charge in [-0.3, -0.25) is 0 Å². The zero-order valence-corrected chi connectivity index (χ0v) is 19.6. The zero-order chi connectivity index (χ0) is 22.2. The lowest BCUT2D eigenvalue weighted by molar-refractivity contribution is 0.231. The molecule has 0 aliphatic rings. The lowest BCUT2D eigenvalue weighted by Crippen LogP contribution is -2.06. The summed E-state index contributed by atoms with van der Waals surface area (Å²) in [6, 6.07) is 7.71. The first kappa shape index (κ1) is 25.3. The van der Waals surface area contributed by atoms with Gasteiger partial charge in [0.05, 0.1) is 6.61 Å². The first-order chi connectivity index (χ1) is 15.2. The van der Waals surface area contributed by atoms with Gasteiger partial charge in [0.1, 0.15) is 11.9 Å². The topological polar surface area (TPSA) is 35.0 Å². The Kier molecular flexibility index (Phi) is 12.9. The van der Waals surface area contributed by atoms with Crippen LogP contribution in [0.15, 0.2) is 36.7 Å². The van der Waals surface area contributed by atoms with Crippen molar-refractivity contribution in [1.82, 2.24) is 9.97 Å². The summed E-state index contributed by atoms with van der Waals surface area (Å²) in [6.07, 6.45) is 18.7. The van der Waals surface area contributed by atoms with E-state index in [-0.39, 0.29) is 0 Å². The second-order valence-corrected chi connectivity index (χ2v) is 8.51. The second kappa shape index (κ2) is 15.8. The molecule has 0 aliphatic carbocycles. The number of aryl methyl sites for hydroxylation is 1. The maximum Gasteiger partial charge on any atom is 0.159 e. The van der Waals surface area contributed by atoms with Crippen molar-refractivity contribution in [3.05, 3.63) is 42.2 Å². The molecule has 0 fully saturated rings. The standard InChI is InChI=1S/C27H41FN2O/c1-3-5-6-7-8-9-10-11-12-13-14-23-21-29-27(30-22-23)24-15-17-26(18-16-24)31-20-19-25(28)4-2/h15-18,21-22,25H,3-14,19-20H2,1-2H3. The highest BCUT2D eigenvalue weighted by Gasteiger charge is 2.05. The molecule has 1 atom stereocenters. The van der Waals surface area contributed by atoms with E-state index in [1.807, 2.05) is 43.6 Å². The Labute approximate surface area is 188 Å². The maximum atomic E-state index is 13.3. The van der Waals surface area contributed by atoms with Crippen LogP contribution in [0.3, 0.4) is 0 Å². The Morgan fingerprint density at radius 3 is 1.97 bits per heavy atom. The monoisotopic (exact) mass is 428 g/mol. The number of halogens is 1. The van der Waals surface area contributed by atoms with Gasteiger partial charge in [0.25, 0.3) is 0 Å². The van der Waals surface area contributed by atoms with Crippen LogP contribution in [0.1, 0.15) is 96.5 Å². The molecule has 1 aromatic carbocycles. The molecule has 2 rings (SSSR count). The van der Waals surface area contributed by atoms with E-state index in [1.165, 1.54) is 69.8 Å². The number of nitrogens with zero attached hydrogens (tertiary/aromatic N) is 2. The number of ether oxygens (including phenoxy) is 1. The molecular formula is C27H41FN2O. The molecule has 1 heterocycles. The van der Waals surface area contributed by atoms with Crippen LogP contribution < -0.4 is 4.74 Å². The summed E-state index contributed by atoms with van der Waals surface area (Å²) in [5, 5.41) is 0. The Balaban J connectivity index is 1.63. The van der Waals surface area contributed by atoms with Crippen molar-refractivity contribution in [2.45, 2.75) is 103 Å². The van der Waals surface area contributed by atoms with Gasteiger partial charge >= 0.3 is 0 Å². The molecule has 0 spiro atoms. The molecule has 4 heteroatoms. The van der Waals surface area contributed by atoms with Crippen molar-refractivity contribution < 1.29 is 9.13 Å². The van der Waals surface area contributed by atoms with E-state index < -0.39 is 6.17 Å². The van der Waals surface area contributed by atoms with E-state index in [1.54, 1.807) is 0 Å². The summed E-state index contributed by atoms with van der Waals surface area (Å²) in [6.45, 7) is 4.52. The Hall–Kier alpha value is -1.97. The summed E-state index contributed by atoms with van der Waals surface area (Å²) in [7, 11) is 0. The first-order valence-corrected chi connectivity index (χ1v) is 12.4. The van der Waals surface area contributed by atoms with Crippen molar-refractivity contribution in [3.63, 3.8) is 0 Å². The number of aromatic nitrogens is 2. The maximum absolute atomic E-state index is 13.3. The highest BCUT2D eigenvalue weighted by molar-refractivity contribution is 5.55. The first-order valence-electron chi connectivity index (χ1n) is 12.4. The number of alkyl halides is 1. The predicted molar refractivity (Wildman–Crippen MR) is 128 cm³/mol. The summed E-state index contributed by atoms with van der Waals surface area (Å²) in [5.74, 6) is 1.48. The molecule has 2 aromatic rings. The Morgan fingerprint density at radius 2 is 1.39 bits per heavy atom. The van der Waals surface area contributed by atoms with E-state index in [4.69, 9.17) is 4.74 Å². The van der Waals surface area contributed by atoms with Gasteiger partial charge < -0.3 is 4.74 Å². The fraction of sp³-hybridized carbons (Fsp3) is 0.630. The molecule has 172 valence electrons. The summed E-state index contributed by atoms with van der Waals surface area (Å²) in [5.41, 5.74) is 2.18. The van der Waals surface area contributed by atoms with E-state index in [0.717, 1.165) is 23.6 Å². The molecule has 0 saturated carbocycles. The van der Waals surface area contributed by atoms with Crippen LogP contribution in [0.4, 0.5) is 4.39 Å². The van der Waals surface area contributed by atoms with Crippen LogP contribution in [-0.4, -0.2) is 22.7 Å². The van der Waals surface area contributed by atoms with Crippen LogP contribution in [0.25, 0.3) is 11.4 Å². The summed E-state index contributed by atoms with van der Waals surface area (Å²) >= 11 is 0. The zero-order valence-electron chi connectivity index (χ0n) is 19.6. The molecule has 0 saturated heterocycles. The third-order valence-electron chi connectivity index (χ3n) is 5.78. The van der Waals surface area contributed by atoms with Crippen LogP contribution in [-0.2, 0) is 6.42 Å². The molecule has 0 aliphatic heterocycles. The Bertz CT molecular complexity index is 687. The molecule has 1 aromatic heterocycles. The molecule has 0 amide bonds.